The second-order valence-electron chi connectivity index (χ2n) is 16.9. The van der Waals surface area contributed by atoms with Gasteiger partial charge in [-0.05, 0) is 104 Å². The van der Waals surface area contributed by atoms with Crippen molar-refractivity contribution in [2.24, 2.45) is 46.3 Å². The van der Waals surface area contributed by atoms with Crippen molar-refractivity contribution in [3.8, 4) is 0 Å². The number of allylic oxidation sites excluding steroid dienone is 2. The second kappa shape index (κ2) is 13.5. The van der Waals surface area contributed by atoms with Crippen LogP contribution in [0.5, 0.6) is 0 Å². The highest BCUT2D eigenvalue weighted by molar-refractivity contribution is 5.92. The fourth-order valence-electron chi connectivity index (χ4n) is 10.7. The van der Waals surface area contributed by atoms with Crippen LogP contribution in [0.15, 0.2) is 17.3 Å². The number of ether oxygens (including phenoxy) is 1. The van der Waals surface area contributed by atoms with Crippen molar-refractivity contribution in [1.82, 2.24) is 20.3 Å². The lowest BCUT2D eigenvalue weighted by Crippen LogP contribution is -2.56. The number of aromatic nitrogens is 3. The summed E-state index contributed by atoms with van der Waals surface area (Å²) >= 11 is 0. The Labute approximate surface area is 280 Å². The van der Waals surface area contributed by atoms with Gasteiger partial charge in [0.05, 0.1) is 12.8 Å². The molecule has 2 heterocycles. The zero-order valence-electron chi connectivity index (χ0n) is 29.4. The Balaban J connectivity index is 1.08. The van der Waals surface area contributed by atoms with Gasteiger partial charge in [0.15, 0.2) is 11.9 Å². The number of rotatable bonds is 9. The average Bonchev–Trinajstić information content (AvgIpc) is 3.68. The standard InChI is InChI=1S/C37H60N4O6/c1-20(2)21(3)7-8-22(4)26-11-12-27-25-10-9-23-17-24(13-15-36(23,5)28(25)14-16-37(26,27)6)38-34(46)29-18-41(40-39-29)35-33(45)32(44)31(43)30(19-42)47-35/h18,20-24,26,28,30-33,35,42-45H,7-17,19H2,1-6H3,(H,38,46)/t21-,22+,23-,24+,26+,28-,30+,31+,32-,33+,35+,36-,37+/m0/s1. The van der Waals surface area contributed by atoms with E-state index in [1.54, 1.807) is 0 Å². The molecule has 13 atom stereocenters. The number of amides is 1. The molecule has 5 N–H and O–H groups in total. The molecular formula is C37H60N4O6. The van der Waals surface area contributed by atoms with Gasteiger partial charge >= 0.3 is 0 Å². The minimum atomic E-state index is -1.53. The van der Waals surface area contributed by atoms with Crippen molar-refractivity contribution in [1.29, 1.82) is 0 Å². The van der Waals surface area contributed by atoms with E-state index in [4.69, 9.17) is 4.74 Å². The molecule has 0 bridgehead atoms. The van der Waals surface area contributed by atoms with E-state index in [-0.39, 0.29) is 23.1 Å². The highest BCUT2D eigenvalue weighted by Crippen LogP contribution is 2.66. The van der Waals surface area contributed by atoms with Crippen LogP contribution in [0, 0.1) is 46.3 Å². The van der Waals surface area contributed by atoms with Crippen molar-refractivity contribution < 1.29 is 30.0 Å². The fraction of sp³-hybridized carbons (Fsp3) is 0.865. The Hall–Kier alpha value is -1.85. The summed E-state index contributed by atoms with van der Waals surface area (Å²) in [6.07, 6.45) is 7.98. The summed E-state index contributed by atoms with van der Waals surface area (Å²) in [5, 5.41) is 51.4. The quantitative estimate of drug-likeness (QED) is 0.239. The first-order chi connectivity index (χ1) is 22.3. The molecule has 1 aromatic heterocycles. The number of fused-ring (bicyclic) bond motifs is 4. The molecule has 264 valence electrons. The van der Waals surface area contributed by atoms with Gasteiger partial charge in [-0.2, -0.15) is 0 Å². The van der Waals surface area contributed by atoms with Crippen LogP contribution in [-0.2, 0) is 4.74 Å². The minimum absolute atomic E-state index is 0.0611. The third kappa shape index (κ3) is 6.24. The maximum absolute atomic E-state index is 13.3. The van der Waals surface area contributed by atoms with Gasteiger partial charge in [0.25, 0.3) is 5.91 Å². The molecule has 1 aromatic rings. The molecule has 3 saturated carbocycles. The van der Waals surface area contributed by atoms with E-state index in [1.807, 2.05) is 11.1 Å². The number of carbonyl (C=O) groups is 1. The molecule has 0 unspecified atom stereocenters. The van der Waals surface area contributed by atoms with Gasteiger partial charge in [0.1, 0.15) is 24.4 Å². The predicted molar refractivity (Wildman–Crippen MR) is 178 cm³/mol. The molecule has 0 spiro atoms. The van der Waals surface area contributed by atoms with Crippen LogP contribution in [0.2, 0.25) is 0 Å². The summed E-state index contributed by atoms with van der Waals surface area (Å²) in [4.78, 5) is 13.3. The van der Waals surface area contributed by atoms with Crippen LogP contribution in [0.1, 0.15) is 129 Å². The summed E-state index contributed by atoms with van der Waals surface area (Å²) in [6.45, 7) is 14.3. The fourth-order valence-corrected chi connectivity index (χ4v) is 10.7. The summed E-state index contributed by atoms with van der Waals surface area (Å²) in [5.41, 5.74) is 4.39. The lowest BCUT2D eigenvalue weighted by atomic mass is 9.48. The van der Waals surface area contributed by atoms with Crippen molar-refractivity contribution in [2.75, 3.05) is 6.61 Å². The van der Waals surface area contributed by atoms with Crippen LogP contribution < -0.4 is 5.32 Å². The number of hydrogen-bond donors (Lipinski definition) is 5. The first kappa shape index (κ1) is 35.0. The van der Waals surface area contributed by atoms with Crippen molar-refractivity contribution in [3.63, 3.8) is 0 Å². The smallest absolute Gasteiger partial charge is 0.273 e. The van der Waals surface area contributed by atoms with Crippen molar-refractivity contribution in [3.05, 3.63) is 23.0 Å². The van der Waals surface area contributed by atoms with E-state index < -0.39 is 37.3 Å². The zero-order chi connectivity index (χ0) is 33.8. The Morgan fingerprint density at radius 1 is 1.02 bits per heavy atom. The Morgan fingerprint density at radius 2 is 1.79 bits per heavy atom. The van der Waals surface area contributed by atoms with Gasteiger partial charge in [0, 0.05) is 6.04 Å². The SMILES string of the molecule is CC(C)[C@@H](C)CC[C@@H](C)[C@H]1CCC2=C3CC[C@H]4C[C@H](NC(=O)c5cn([C@@H]6O[C@H](CO)[C@@H](O)[C@H](O)[C@H]6O)nn5)CC[C@]4(C)[C@H]3CC[C@@]21C. The molecular weight excluding hydrogens is 596 g/mol. The Morgan fingerprint density at radius 3 is 2.51 bits per heavy atom. The first-order valence-electron chi connectivity index (χ1n) is 18.5. The van der Waals surface area contributed by atoms with Gasteiger partial charge in [-0.3, -0.25) is 4.79 Å². The summed E-state index contributed by atoms with van der Waals surface area (Å²) < 4.78 is 6.73. The Kier molecular flexibility index (Phi) is 10.0. The van der Waals surface area contributed by atoms with Crippen LogP contribution in [0.25, 0.3) is 0 Å². The van der Waals surface area contributed by atoms with Gasteiger partial charge in [-0.25, -0.2) is 4.68 Å². The molecule has 4 aliphatic carbocycles. The van der Waals surface area contributed by atoms with E-state index in [0.29, 0.717) is 17.3 Å². The highest BCUT2D eigenvalue weighted by Gasteiger charge is 2.56. The maximum atomic E-state index is 13.3. The summed E-state index contributed by atoms with van der Waals surface area (Å²) in [7, 11) is 0. The van der Waals surface area contributed by atoms with E-state index in [2.05, 4.69) is 57.2 Å². The number of aliphatic hydroxyl groups is 4. The minimum Gasteiger partial charge on any atom is -0.394 e. The van der Waals surface area contributed by atoms with Crippen molar-refractivity contribution >= 4 is 5.91 Å². The molecule has 10 nitrogen and oxygen atoms in total. The van der Waals surface area contributed by atoms with E-state index in [9.17, 15) is 25.2 Å². The molecule has 1 aliphatic heterocycles. The number of carbonyl (C=O) groups excluding carboxylic acids is 1. The summed E-state index contributed by atoms with van der Waals surface area (Å²) in [5.74, 6) is 4.04. The topological polar surface area (TPSA) is 150 Å². The number of nitrogens with one attached hydrogen (secondary N) is 1. The monoisotopic (exact) mass is 656 g/mol. The molecule has 0 aromatic carbocycles. The first-order valence-corrected chi connectivity index (χ1v) is 18.5. The molecule has 4 fully saturated rings. The molecule has 1 amide bonds. The third-order valence-corrected chi connectivity index (χ3v) is 14.2. The van der Waals surface area contributed by atoms with Crippen molar-refractivity contribution in [2.45, 2.75) is 149 Å². The molecule has 5 aliphatic rings. The van der Waals surface area contributed by atoms with Gasteiger partial charge < -0.3 is 30.5 Å². The number of hydrogen-bond acceptors (Lipinski definition) is 8. The lowest BCUT2D eigenvalue weighted by Gasteiger charge is -2.57. The molecule has 47 heavy (non-hydrogen) atoms. The largest absolute Gasteiger partial charge is 0.394 e. The molecule has 6 rings (SSSR count). The normalized spacial score (nSPS) is 41.6. The van der Waals surface area contributed by atoms with E-state index in [1.165, 1.54) is 62.2 Å². The molecule has 1 saturated heterocycles. The lowest BCUT2D eigenvalue weighted by molar-refractivity contribution is -0.254. The number of aliphatic hydroxyl groups excluding tert-OH is 4. The summed E-state index contributed by atoms with van der Waals surface area (Å²) in [6, 6.07) is 0.0611. The second-order valence-corrected chi connectivity index (χ2v) is 16.9. The third-order valence-electron chi connectivity index (χ3n) is 14.2. The van der Waals surface area contributed by atoms with Gasteiger partial charge in [-0.1, -0.05) is 70.7 Å². The van der Waals surface area contributed by atoms with Crippen LogP contribution in [0.4, 0.5) is 0 Å². The highest BCUT2D eigenvalue weighted by atomic mass is 16.6. The van der Waals surface area contributed by atoms with Crippen LogP contribution >= 0.6 is 0 Å². The van der Waals surface area contributed by atoms with Crippen LogP contribution in [0.3, 0.4) is 0 Å². The van der Waals surface area contributed by atoms with E-state index >= 15 is 0 Å². The van der Waals surface area contributed by atoms with Crippen LogP contribution in [-0.4, -0.2) is 78.4 Å². The maximum Gasteiger partial charge on any atom is 0.273 e. The predicted octanol–water partition coefficient (Wildman–Crippen LogP) is 4.78. The van der Waals surface area contributed by atoms with Gasteiger partial charge in [-0.15, -0.1) is 5.10 Å². The molecule has 10 heteroatoms. The average molecular weight is 657 g/mol. The van der Waals surface area contributed by atoms with E-state index in [0.717, 1.165) is 42.9 Å². The van der Waals surface area contributed by atoms with Gasteiger partial charge in [0.2, 0.25) is 0 Å². The zero-order valence-corrected chi connectivity index (χ0v) is 29.4. The molecule has 0 radical (unpaired) electrons. The Bertz CT molecular complexity index is 1310. The number of nitrogens with zero attached hydrogens (tertiary/aromatic N) is 3.